The molecule has 5 radical (unpaired) electrons. The Labute approximate surface area is 140 Å². The van der Waals surface area contributed by atoms with Crippen molar-refractivity contribution in [2.75, 3.05) is 11.4 Å². The van der Waals surface area contributed by atoms with Crippen molar-refractivity contribution in [3.8, 4) is 0 Å². The van der Waals surface area contributed by atoms with Crippen LogP contribution >= 0.6 is 0 Å². The van der Waals surface area contributed by atoms with Gasteiger partial charge in [-0.15, -0.1) is 5.10 Å². The Balaban J connectivity index is 1.48. The standard InChI is InChI=1S/C18H15N4O2/c1-12-6-7-16-14(10-12)17(23)18(24)22(16)9-8-21-11-15(19-20-21)13-4-2-3-5-13/h2-7,10-11H,8-9H2,1H3. The number of anilines is 1. The number of hydrogen-bond acceptors (Lipinski definition) is 4. The van der Waals surface area contributed by atoms with Gasteiger partial charge < -0.3 is 4.90 Å². The Morgan fingerprint density at radius 3 is 2.67 bits per heavy atom. The molecule has 6 heteroatoms. The molecule has 1 fully saturated rings. The number of fused-ring (bicyclic) bond motifs is 1. The highest BCUT2D eigenvalue weighted by atomic mass is 16.2. The van der Waals surface area contributed by atoms with Crippen molar-refractivity contribution in [2.45, 2.75) is 13.5 Å². The van der Waals surface area contributed by atoms with Gasteiger partial charge in [-0.2, -0.15) is 0 Å². The van der Waals surface area contributed by atoms with Crippen LogP contribution in [0.1, 0.15) is 21.6 Å². The Morgan fingerprint density at radius 2 is 1.88 bits per heavy atom. The van der Waals surface area contributed by atoms with E-state index in [2.05, 4.69) is 10.3 Å². The van der Waals surface area contributed by atoms with Crippen molar-refractivity contribution < 1.29 is 9.59 Å². The lowest BCUT2D eigenvalue weighted by atomic mass is 10.1. The van der Waals surface area contributed by atoms with Crippen molar-refractivity contribution in [1.29, 1.82) is 0 Å². The van der Waals surface area contributed by atoms with Crippen LogP contribution in [0.5, 0.6) is 0 Å². The molecule has 1 saturated carbocycles. The SMILES string of the molecule is Cc1ccc2c(c1)C(=O)C(=O)N2CCn1cc([C]2[CH][CH][CH][CH]2)nn1. The van der Waals surface area contributed by atoms with Gasteiger partial charge in [-0.05, 0) is 44.7 Å². The summed E-state index contributed by atoms with van der Waals surface area (Å²) in [6.45, 7) is 2.76. The van der Waals surface area contributed by atoms with Crippen molar-refractivity contribution in [1.82, 2.24) is 15.0 Å². The molecular weight excluding hydrogens is 304 g/mol. The molecule has 1 aliphatic heterocycles. The topological polar surface area (TPSA) is 68.1 Å². The van der Waals surface area contributed by atoms with E-state index in [9.17, 15) is 9.59 Å². The largest absolute Gasteiger partial charge is 0.303 e. The van der Waals surface area contributed by atoms with E-state index in [1.807, 2.05) is 50.9 Å². The van der Waals surface area contributed by atoms with Gasteiger partial charge in [0.2, 0.25) is 0 Å². The fraction of sp³-hybridized carbons (Fsp3) is 0.167. The fourth-order valence-corrected chi connectivity index (χ4v) is 2.92. The van der Waals surface area contributed by atoms with Gasteiger partial charge in [0.25, 0.3) is 11.7 Å². The first-order valence-electron chi connectivity index (χ1n) is 7.72. The number of rotatable bonds is 4. The van der Waals surface area contributed by atoms with E-state index in [1.54, 1.807) is 10.7 Å². The average molecular weight is 319 g/mol. The van der Waals surface area contributed by atoms with Crippen LogP contribution < -0.4 is 4.90 Å². The molecule has 2 aromatic rings. The predicted octanol–water partition coefficient (Wildman–Crippen LogP) is 1.57. The summed E-state index contributed by atoms with van der Waals surface area (Å²) in [5.41, 5.74) is 2.91. The maximum absolute atomic E-state index is 12.2. The third kappa shape index (κ3) is 2.52. The van der Waals surface area contributed by atoms with Crippen LogP contribution in [0.2, 0.25) is 0 Å². The van der Waals surface area contributed by atoms with Gasteiger partial charge >= 0.3 is 0 Å². The second-order valence-electron chi connectivity index (χ2n) is 5.85. The van der Waals surface area contributed by atoms with E-state index < -0.39 is 11.7 Å². The minimum atomic E-state index is -0.480. The summed E-state index contributed by atoms with van der Waals surface area (Å²) in [5, 5.41) is 8.23. The summed E-state index contributed by atoms with van der Waals surface area (Å²) in [5.74, 6) is 0.0891. The van der Waals surface area contributed by atoms with E-state index in [-0.39, 0.29) is 0 Å². The number of aryl methyl sites for hydroxylation is 1. The van der Waals surface area contributed by atoms with Gasteiger partial charge in [-0.25, -0.2) is 0 Å². The first-order chi connectivity index (χ1) is 11.6. The van der Waals surface area contributed by atoms with Crippen LogP contribution in [-0.2, 0) is 11.3 Å². The zero-order valence-corrected chi connectivity index (χ0v) is 13.1. The molecule has 0 saturated heterocycles. The summed E-state index contributed by atoms with van der Waals surface area (Å²) in [6.07, 6.45) is 9.67. The normalized spacial score (nSPS) is 17.8. The second-order valence-corrected chi connectivity index (χ2v) is 5.85. The van der Waals surface area contributed by atoms with Gasteiger partial charge in [0.05, 0.1) is 23.5 Å². The van der Waals surface area contributed by atoms with Crippen LogP contribution in [0.3, 0.4) is 0 Å². The molecule has 119 valence electrons. The second kappa shape index (κ2) is 5.85. The highest BCUT2D eigenvalue weighted by Crippen LogP contribution is 2.30. The number of aromatic nitrogens is 3. The molecule has 1 aromatic heterocycles. The summed E-state index contributed by atoms with van der Waals surface area (Å²) in [6, 6.07) is 5.49. The highest BCUT2D eigenvalue weighted by Gasteiger charge is 2.35. The number of nitrogens with zero attached hydrogens (tertiary/aromatic N) is 4. The van der Waals surface area contributed by atoms with Gasteiger partial charge in [-0.1, -0.05) is 16.8 Å². The van der Waals surface area contributed by atoms with E-state index in [0.717, 1.165) is 17.2 Å². The molecule has 0 N–H and O–H groups in total. The molecule has 4 rings (SSSR count). The van der Waals surface area contributed by atoms with Gasteiger partial charge in [-0.3, -0.25) is 14.3 Å². The number of Topliss-reactive ketones (excluding diaryl/α,β-unsaturated/α-hetero) is 1. The molecule has 0 bridgehead atoms. The summed E-state index contributed by atoms with van der Waals surface area (Å²) in [4.78, 5) is 25.8. The molecule has 0 atom stereocenters. The Kier molecular flexibility index (Phi) is 3.67. The number of amides is 1. The smallest absolute Gasteiger partial charge is 0.299 e. The van der Waals surface area contributed by atoms with Crippen molar-refractivity contribution in [2.24, 2.45) is 0 Å². The molecular formula is C18H15N4O2. The van der Waals surface area contributed by atoms with Crippen molar-refractivity contribution in [3.63, 3.8) is 0 Å². The molecule has 1 aromatic carbocycles. The molecule has 24 heavy (non-hydrogen) atoms. The van der Waals surface area contributed by atoms with Crippen LogP contribution in [0.4, 0.5) is 5.69 Å². The Bertz CT molecular complexity index is 805. The van der Waals surface area contributed by atoms with Crippen LogP contribution in [0.15, 0.2) is 24.4 Å². The highest BCUT2D eigenvalue weighted by molar-refractivity contribution is 6.52. The first kappa shape index (κ1) is 15.1. The molecule has 2 heterocycles. The van der Waals surface area contributed by atoms with E-state index >= 15 is 0 Å². The molecule has 1 amide bonds. The zero-order chi connectivity index (χ0) is 16.7. The Hall–Kier alpha value is -2.50. The number of benzene rings is 1. The summed E-state index contributed by atoms with van der Waals surface area (Å²) in [7, 11) is 0. The van der Waals surface area contributed by atoms with Crippen LogP contribution in [-0.4, -0.2) is 33.2 Å². The number of carbonyl (C=O) groups excluding carboxylic acids is 2. The molecule has 2 aliphatic rings. The average Bonchev–Trinajstić information content (AvgIpc) is 3.29. The third-order valence-electron chi connectivity index (χ3n) is 4.18. The maximum atomic E-state index is 12.2. The lowest BCUT2D eigenvalue weighted by Crippen LogP contribution is -2.32. The van der Waals surface area contributed by atoms with E-state index in [4.69, 9.17) is 0 Å². The molecule has 0 spiro atoms. The first-order valence-corrected chi connectivity index (χ1v) is 7.72. The maximum Gasteiger partial charge on any atom is 0.299 e. The van der Waals surface area contributed by atoms with Gasteiger partial charge in [0.1, 0.15) is 0 Å². The lowest BCUT2D eigenvalue weighted by Gasteiger charge is -2.16. The van der Waals surface area contributed by atoms with Gasteiger partial charge in [0, 0.05) is 18.7 Å². The monoisotopic (exact) mass is 319 g/mol. The predicted molar refractivity (Wildman–Crippen MR) is 87.4 cm³/mol. The molecule has 0 unspecified atom stereocenters. The van der Waals surface area contributed by atoms with E-state index in [0.29, 0.717) is 24.3 Å². The minimum Gasteiger partial charge on any atom is -0.303 e. The summed E-state index contributed by atoms with van der Waals surface area (Å²) < 4.78 is 1.69. The van der Waals surface area contributed by atoms with E-state index in [1.165, 1.54) is 4.90 Å². The molecule has 6 nitrogen and oxygen atoms in total. The van der Waals surface area contributed by atoms with Crippen LogP contribution in [0.25, 0.3) is 0 Å². The number of carbonyl (C=O) groups is 2. The van der Waals surface area contributed by atoms with Crippen molar-refractivity contribution >= 4 is 17.4 Å². The Morgan fingerprint density at radius 1 is 1.08 bits per heavy atom. The minimum absolute atomic E-state index is 0.379. The quantitative estimate of drug-likeness (QED) is 0.802. The number of ketones is 1. The van der Waals surface area contributed by atoms with Crippen LogP contribution in [0, 0.1) is 38.5 Å². The fourth-order valence-electron chi connectivity index (χ4n) is 2.92. The number of hydrogen-bond donors (Lipinski definition) is 0. The molecule has 1 aliphatic carbocycles. The van der Waals surface area contributed by atoms with Crippen molar-refractivity contribution in [3.05, 3.63) is 72.8 Å². The summed E-state index contributed by atoms with van der Waals surface area (Å²) >= 11 is 0. The lowest BCUT2D eigenvalue weighted by molar-refractivity contribution is -0.114. The zero-order valence-electron chi connectivity index (χ0n) is 13.1. The third-order valence-corrected chi connectivity index (χ3v) is 4.18. The van der Waals surface area contributed by atoms with Gasteiger partial charge in [0.15, 0.2) is 0 Å².